The lowest BCUT2D eigenvalue weighted by molar-refractivity contribution is 0.265. The Morgan fingerprint density at radius 3 is 2.73 bits per heavy atom. The van der Waals surface area contributed by atoms with Crippen molar-refractivity contribution in [3.05, 3.63) is 54.6 Å². The van der Waals surface area contributed by atoms with Crippen molar-refractivity contribution in [3.8, 4) is 0 Å². The lowest BCUT2D eigenvalue weighted by Gasteiger charge is -2.05. The summed E-state index contributed by atoms with van der Waals surface area (Å²) in [4.78, 5) is 0. The van der Waals surface area contributed by atoms with E-state index in [1.54, 1.807) is 7.11 Å². The third-order valence-electron chi connectivity index (χ3n) is 2.58. The van der Waals surface area contributed by atoms with Crippen LogP contribution in [0.5, 0.6) is 0 Å². The summed E-state index contributed by atoms with van der Waals surface area (Å²) >= 11 is 0. The second-order valence-corrected chi connectivity index (χ2v) is 3.58. The van der Waals surface area contributed by atoms with Gasteiger partial charge in [-0.15, -0.1) is 0 Å². The number of hydrogen-bond acceptors (Lipinski definition) is 1. The molecule has 0 heterocycles. The van der Waals surface area contributed by atoms with Gasteiger partial charge >= 0.3 is 0 Å². The van der Waals surface area contributed by atoms with Crippen LogP contribution in [-0.4, -0.2) is 7.11 Å². The molecule has 0 fully saturated rings. The summed E-state index contributed by atoms with van der Waals surface area (Å²) in [5.41, 5.74) is 1.39. The van der Waals surface area contributed by atoms with E-state index >= 15 is 0 Å². The molecule has 77 valence electrons. The van der Waals surface area contributed by atoms with E-state index in [-0.39, 0.29) is 0 Å². The maximum atomic E-state index is 4.95. The topological polar surface area (TPSA) is 9.23 Å². The third kappa shape index (κ3) is 2.37. The van der Waals surface area contributed by atoms with E-state index < -0.39 is 0 Å². The molecule has 2 rings (SSSR count). The Morgan fingerprint density at radius 2 is 1.87 bits per heavy atom. The Kier molecular flexibility index (Phi) is 3.36. The molecule has 2 aromatic carbocycles. The fourth-order valence-electron chi connectivity index (χ4n) is 1.84. The average Bonchev–Trinajstić information content (AvgIpc) is 2.30. The largest absolute Gasteiger partial charge is 0.379 e. The summed E-state index contributed by atoms with van der Waals surface area (Å²) in [5, 5.41) is 2.66. The van der Waals surface area contributed by atoms with E-state index in [1.807, 2.05) is 6.61 Å². The highest BCUT2D eigenvalue weighted by Crippen LogP contribution is 2.19. The maximum absolute atomic E-state index is 4.95. The van der Waals surface area contributed by atoms with E-state index in [9.17, 15) is 0 Å². The molecule has 0 aliphatic heterocycles. The number of fused-ring (bicyclic) bond motifs is 1. The summed E-state index contributed by atoms with van der Waals surface area (Å²) in [6.45, 7) is 1.85. The zero-order chi connectivity index (χ0) is 10.5. The van der Waals surface area contributed by atoms with E-state index in [0.717, 1.165) is 12.8 Å². The maximum Gasteiger partial charge on any atom is 0.0836 e. The monoisotopic (exact) mass is 199 g/mol. The van der Waals surface area contributed by atoms with Gasteiger partial charge in [0.05, 0.1) is 6.61 Å². The normalized spacial score (nSPS) is 10.7. The van der Waals surface area contributed by atoms with E-state index in [2.05, 4.69) is 42.5 Å². The second kappa shape index (κ2) is 4.94. The first-order valence-electron chi connectivity index (χ1n) is 5.23. The van der Waals surface area contributed by atoms with Gasteiger partial charge in [-0.25, -0.2) is 0 Å². The van der Waals surface area contributed by atoms with Crippen molar-refractivity contribution in [2.75, 3.05) is 7.11 Å². The third-order valence-corrected chi connectivity index (χ3v) is 2.58. The molecule has 0 aliphatic carbocycles. The van der Waals surface area contributed by atoms with Crippen molar-refractivity contribution in [1.82, 2.24) is 0 Å². The van der Waals surface area contributed by atoms with Crippen molar-refractivity contribution in [3.63, 3.8) is 0 Å². The van der Waals surface area contributed by atoms with Crippen molar-refractivity contribution in [2.24, 2.45) is 0 Å². The van der Waals surface area contributed by atoms with Crippen molar-refractivity contribution in [2.45, 2.75) is 12.8 Å². The number of hydrogen-bond donors (Lipinski definition) is 0. The quantitative estimate of drug-likeness (QED) is 0.684. The highest BCUT2D eigenvalue weighted by atomic mass is 16.5. The van der Waals surface area contributed by atoms with Crippen molar-refractivity contribution in [1.29, 1.82) is 0 Å². The first-order valence-corrected chi connectivity index (χ1v) is 5.23. The molecule has 0 saturated carbocycles. The fourth-order valence-corrected chi connectivity index (χ4v) is 1.84. The summed E-state index contributed by atoms with van der Waals surface area (Å²) in [5.74, 6) is 0. The molecular formula is C14H15O. The predicted molar refractivity (Wildman–Crippen MR) is 63.6 cm³/mol. The molecule has 1 nitrogen and oxygen atoms in total. The molecule has 0 N–H and O–H groups in total. The van der Waals surface area contributed by atoms with Crippen molar-refractivity contribution < 1.29 is 4.74 Å². The zero-order valence-electron chi connectivity index (χ0n) is 8.94. The lowest BCUT2D eigenvalue weighted by atomic mass is 10.0. The number of aryl methyl sites for hydroxylation is 1. The fraction of sp³-hybridized carbons (Fsp3) is 0.214. The van der Waals surface area contributed by atoms with E-state index in [0.29, 0.717) is 0 Å². The molecule has 1 heteroatoms. The van der Waals surface area contributed by atoms with Gasteiger partial charge in [0.25, 0.3) is 0 Å². The van der Waals surface area contributed by atoms with Crippen LogP contribution in [0.2, 0.25) is 0 Å². The van der Waals surface area contributed by atoms with Crippen LogP contribution in [0.25, 0.3) is 10.8 Å². The molecule has 0 aromatic heterocycles. The smallest absolute Gasteiger partial charge is 0.0836 e. The Bertz CT molecular complexity index is 429. The van der Waals surface area contributed by atoms with Crippen LogP contribution in [0.3, 0.4) is 0 Å². The van der Waals surface area contributed by atoms with Gasteiger partial charge in [-0.05, 0) is 29.2 Å². The van der Waals surface area contributed by atoms with Gasteiger partial charge in [0.1, 0.15) is 0 Å². The number of ether oxygens (including phenoxy) is 1. The minimum atomic E-state index is 0.963. The number of benzene rings is 2. The van der Waals surface area contributed by atoms with E-state index in [1.165, 1.54) is 16.3 Å². The van der Waals surface area contributed by atoms with Crippen LogP contribution in [0.1, 0.15) is 12.0 Å². The minimum absolute atomic E-state index is 0.963. The molecule has 0 aliphatic rings. The second-order valence-electron chi connectivity index (χ2n) is 3.58. The first kappa shape index (κ1) is 10.2. The predicted octanol–water partition coefficient (Wildman–Crippen LogP) is 3.58. The number of rotatable bonds is 4. The molecular weight excluding hydrogens is 184 g/mol. The van der Waals surface area contributed by atoms with Gasteiger partial charge in [-0.1, -0.05) is 42.5 Å². The molecule has 0 atom stereocenters. The standard InChI is InChI=1S/C14H15O/c1-15-11-5-9-13-8-4-7-12-6-2-3-10-14(12)13/h2-4,6-8,10-11H,5,9H2,1H3. The van der Waals surface area contributed by atoms with Crippen LogP contribution < -0.4 is 0 Å². The summed E-state index contributed by atoms with van der Waals surface area (Å²) in [6, 6.07) is 14.9. The summed E-state index contributed by atoms with van der Waals surface area (Å²) in [7, 11) is 1.70. The lowest BCUT2D eigenvalue weighted by Crippen LogP contribution is -1.89. The molecule has 0 amide bonds. The van der Waals surface area contributed by atoms with Crippen LogP contribution in [0.4, 0.5) is 0 Å². The summed E-state index contributed by atoms with van der Waals surface area (Å²) in [6.07, 6.45) is 2.00. The Hall–Kier alpha value is -1.34. The average molecular weight is 199 g/mol. The Balaban J connectivity index is 2.26. The van der Waals surface area contributed by atoms with Gasteiger partial charge in [-0.2, -0.15) is 0 Å². The van der Waals surface area contributed by atoms with Gasteiger partial charge in [0.2, 0.25) is 0 Å². The van der Waals surface area contributed by atoms with Gasteiger partial charge in [0.15, 0.2) is 0 Å². The molecule has 2 aromatic rings. The van der Waals surface area contributed by atoms with Crippen molar-refractivity contribution >= 4 is 10.8 Å². The summed E-state index contributed by atoms with van der Waals surface area (Å²) < 4.78 is 4.95. The molecule has 0 unspecified atom stereocenters. The van der Waals surface area contributed by atoms with Gasteiger partial charge in [-0.3, -0.25) is 0 Å². The van der Waals surface area contributed by atoms with Gasteiger partial charge < -0.3 is 4.74 Å². The Morgan fingerprint density at radius 1 is 1.07 bits per heavy atom. The number of methoxy groups -OCH3 is 1. The highest BCUT2D eigenvalue weighted by molar-refractivity contribution is 5.85. The first-order chi connectivity index (χ1) is 7.42. The van der Waals surface area contributed by atoms with Crippen LogP contribution in [-0.2, 0) is 11.2 Å². The van der Waals surface area contributed by atoms with Crippen LogP contribution >= 0.6 is 0 Å². The van der Waals surface area contributed by atoms with Crippen LogP contribution in [0.15, 0.2) is 42.5 Å². The minimum Gasteiger partial charge on any atom is -0.379 e. The molecule has 0 spiro atoms. The SMILES string of the molecule is CO[CH]CCc1cccc2ccccc12. The molecule has 0 saturated heterocycles. The Labute approximate surface area is 90.7 Å². The molecule has 0 bridgehead atoms. The zero-order valence-corrected chi connectivity index (χ0v) is 8.94. The van der Waals surface area contributed by atoms with Crippen LogP contribution in [0, 0.1) is 6.61 Å². The molecule has 15 heavy (non-hydrogen) atoms. The highest BCUT2D eigenvalue weighted by Gasteiger charge is 1.99. The van der Waals surface area contributed by atoms with Gasteiger partial charge in [0, 0.05) is 7.11 Å². The molecule has 1 radical (unpaired) electrons. The van der Waals surface area contributed by atoms with E-state index in [4.69, 9.17) is 4.74 Å².